The Hall–Kier alpha value is -2.73. The fourth-order valence-electron chi connectivity index (χ4n) is 3.25. The first-order valence-corrected chi connectivity index (χ1v) is 8.97. The van der Waals surface area contributed by atoms with Crippen LogP contribution < -0.4 is 10.1 Å². The minimum absolute atomic E-state index is 0.331. The first-order chi connectivity index (χ1) is 12.8. The molecule has 0 amide bonds. The first-order valence-electron chi connectivity index (χ1n) is 8.97. The van der Waals surface area contributed by atoms with Crippen molar-refractivity contribution in [1.29, 1.82) is 0 Å². The average molecular weight is 350 g/mol. The molecule has 2 atom stereocenters. The van der Waals surface area contributed by atoms with E-state index in [1.165, 1.54) is 0 Å². The summed E-state index contributed by atoms with van der Waals surface area (Å²) < 4.78 is 11.4. The Kier molecular flexibility index (Phi) is 4.93. The van der Waals surface area contributed by atoms with Gasteiger partial charge >= 0.3 is 0 Å². The minimum Gasteiger partial charge on any atom is -0.489 e. The van der Waals surface area contributed by atoms with E-state index in [1.54, 1.807) is 12.4 Å². The highest BCUT2D eigenvalue weighted by Crippen LogP contribution is 2.29. The van der Waals surface area contributed by atoms with E-state index in [0.29, 0.717) is 24.4 Å². The van der Waals surface area contributed by atoms with E-state index < -0.39 is 0 Å². The highest BCUT2D eigenvalue weighted by atomic mass is 16.5. The van der Waals surface area contributed by atoms with Crippen LogP contribution in [0.15, 0.2) is 53.3 Å². The number of nitrogens with one attached hydrogen (secondary N) is 1. The Bertz CT molecular complexity index is 850. The molecule has 26 heavy (non-hydrogen) atoms. The summed E-state index contributed by atoms with van der Waals surface area (Å²) in [5, 5.41) is 7.62. The summed E-state index contributed by atoms with van der Waals surface area (Å²) in [6.45, 7) is 3.65. The fourth-order valence-corrected chi connectivity index (χ4v) is 3.25. The number of ether oxygens (including phenoxy) is 1. The maximum atomic E-state index is 5.86. The van der Waals surface area contributed by atoms with Gasteiger partial charge in [-0.1, -0.05) is 23.4 Å². The third-order valence-electron chi connectivity index (χ3n) is 4.64. The summed E-state index contributed by atoms with van der Waals surface area (Å²) in [5.41, 5.74) is 1.92. The molecule has 0 bridgehead atoms. The second-order valence-corrected chi connectivity index (χ2v) is 6.71. The number of aromatic nitrogens is 3. The van der Waals surface area contributed by atoms with Gasteiger partial charge in [0.1, 0.15) is 12.4 Å². The van der Waals surface area contributed by atoms with Crippen molar-refractivity contribution in [2.45, 2.75) is 38.3 Å². The maximum Gasteiger partial charge on any atom is 0.230 e. The normalized spacial score (nSPS) is 20.0. The van der Waals surface area contributed by atoms with Crippen LogP contribution in [0.25, 0.3) is 11.4 Å². The standard InChI is InChI=1S/C20H22N4O2/c1-14-10-17(7-9-22-14)20-23-19(24-26-20)16-5-2-6-18(11-16)25-13-15-4-3-8-21-12-15/h2-6,8,11-12,14,17,22H,7,9-10,13H2,1H3/t14-,17-/m0/s1. The highest BCUT2D eigenvalue weighted by Gasteiger charge is 2.25. The van der Waals surface area contributed by atoms with E-state index >= 15 is 0 Å². The summed E-state index contributed by atoms with van der Waals surface area (Å²) in [6, 6.07) is 12.1. The van der Waals surface area contributed by atoms with Gasteiger partial charge in [-0.2, -0.15) is 4.98 Å². The number of pyridine rings is 1. The minimum atomic E-state index is 0.331. The molecule has 6 nitrogen and oxygen atoms in total. The Morgan fingerprint density at radius 3 is 3.08 bits per heavy atom. The number of hydrogen-bond donors (Lipinski definition) is 1. The molecule has 4 rings (SSSR count). The van der Waals surface area contributed by atoms with Gasteiger partial charge in [-0.15, -0.1) is 0 Å². The van der Waals surface area contributed by atoms with Crippen molar-refractivity contribution in [1.82, 2.24) is 20.4 Å². The Balaban J connectivity index is 1.46. The van der Waals surface area contributed by atoms with E-state index in [4.69, 9.17) is 9.26 Å². The molecule has 2 aromatic heterocycles. The Labute approximate surface area is 152 Å². The molecule has 1 fully saturated rings. The van der Waals surface area contributed by atoms with Gasteiger partial charge in [-0.05, 0) is 44.5 Å². The smallest absolute Gasteiger partial charge is 0.230 e. The molecule has 1 aromatic carbocycles. The molecule has 1 saturated heterocycles. The lowest BCUT2D eigenvalue weighted by molar-refractivity contribution is 0.295. The second-order valence-electron chi connectivity index (χ2n) is 6.71. The number of benzene rings is 1. The fraction of sp³-hybridized carbons (Fsp3) is 0.350. The lowest BCUT2D eigenvalue weighted by atomic mass is 9.93. The quantitative estimate of drug-likeness (QED) is 0.758. The van der Waals surface area contributed by atoms with Gasteiger partial charge in [0.15, 0.2) is 0 Å². The number of piperidine rings is 1. The molecule has 0 spiro atoms. The van der Waals surface area contributed by atoms with E-state index in [9.17, 15) is 0 Å². The molecule has 0 aliphatic carbocycles. The van der Waals surface area contributed by atoms with Crippen LogP contribution >= 0.6 is 0 Å². The molecule has 6 heteroatoms. The molecule has 1 aliphatic rings. The van der Waals surface area contributed by atoms with Gasteiger partial charge in [0.05, 0.1) is 0 Å². The largest absolute Gasteiger partial charge is 0.489 e. The molecule has 3 heterocycles. The van der Waals surface area contributed by atoms with E-state index in [-0.39, 0.29) is 0 Å². The molecular weight excluding hydrogens is 328 g/mol. The molecule has 0 unspecified atom stereocenters. The van der Waals surface area contributed by atoms with Crippen LogP contribution in [0.2, 0.25) is 0 Å². The Morgan fingerprint density at radius 1 is 1.27 bits per heavy atom. The number of nitrogens with zero attached hydrogens (tertiary/aromatic N) is 3. The van der Waals surface area contributed by atoms with Crippen molar-refractivity contribution in [2.75, 3.05) is 6.54 Å². The van der Waals surface area contributed by atoms with Crippen molar-refractivity contribution in [3.8, 4) is 17.1 Å². The van der Waals surface area contributed by atoms with E-state index in [0.717, 1.165) is 42.2 Å². The van der Waals surface area contributed by atoms with E-state index in [1.807, 2.05) is 36.4 Å². The molecule has 1 aliphatic heterocycles. The van der Waals surface area contributed by atoms with Gasteiger partial charge in [0.25, 0.3) is 0 Å². The van der Waals surface area contributed by atoms with Crippen molar-refractivity contribution in [2.24, 2.45) is 0 Å². The highest BCUT2D eigenvalue weighted by molar-refractivity contribution is 5.56. The lowest BCUT2D eigenvalue weighted by Crippen LogP contribution is -2.34. The molecule has 3 aromatic rings. The molecule has 0 radical (unpaired) electrons. The van der Waals surface area contributed by atoms with Crippen molar-refractivity contribution >= 4 is 0 Å². The van der Waals surface area contributed by atoms with Gasteiger partial charge in [0, 0.05) is 35.5 Å². The maximum absolute atomic E-state index is 5.86. The molecule has 0 saturated carbocycles. The summed E-state index contributed by atoms with van der Waals surface area (Å²) in [7, 11) is 0. The van der Waals surface area contributed by atoms with Crippen LogP contribution in [0, 0.1) is 0 Å². The third kappa shape index (κ3) is 3.91. The van der Waals surface area contributed by atoms with Crippen molar-refractivity contribution in [3.05, 3.63) is 60.2 Å². The first kappa shape index (κ1) is 16.7. The SMILES string of the molecule is C[C@H]1C[C@@H](c2nc(-c3cccc(OCc4cccnc4)c3)no2)CCN1. The van der Waals surface area contributed by atoms with Crippen LogP contribution in [0.1, 0.15) is 37.1 Å². The van der Waals surface area contributed by atoms with Crippen LogP contribution in [-0.2, 0) is 6.61 Å². The molecule has 134 valence electrons. The van der Waals surface area contributed by atoms with Crippen LogP contribution in [0.5, 0.6) is 5.75 Å². The molecule has 1 N–H and O–H groups in total. The van der Waals surface area contributed by atoms with Crippen LogP contribution in [0.4, 0.5) is 0 Å². The molecular formula is C20H22N4O2. The zero-order chi connectivity index (χ0) is 17.8. The average Bonchev–Trinajstić information content (AvgIpc) is 3.18. The van der Waals surface area contributed by atoms with E-state index in [2.05, 4.69) is 27.4 Å². The zero-order valence-electron chi connectivity index (χ0n) is 14.8. The topological polar surface area (TPSA) is 73.1 Å². The van der Waals surface area contributed by atoms with Crippen molar-refractivity contribution < 1.29 is 9.26 Å². The predicted octanol–water partition coefficient (Wildman–Crippen LogP) is 3.57. The Morgan fingerprint density at radius 2 is 2.23 bits per heavy atom. The van der Waals surface area contributed by atoms with Gasteiger partial charge in [-0.25, -0.2) is 0 Å². The van der Waals surface area contributed by atoms with Crippen LogP contribution in [0.3, 0.4) is 0 Å². The zero-order valence-corrected chi connectivity index (χ0v) is 14.8. The van der Waals surface area contributed by atoms with Gasteiger partial charge in [0.2, 0.25) is 11.7 Å². The lowest BCUT2D eigenvalue weighted by Gasteiger charge is -2.25. The van der Waals surface area contributed by atoms with Gasteiger partial charge in [-0.3, -0.25) is 4.98 Å². The monoisotopic (exact) mass is 350 g/mol. The summed E-state index contributed by atoms with van der Waals surface area (Å²) in [5.74, 6) is 2.44. The second kappa shape index (κ2) is 7.66. The predicted molar refractivity (Wildman–Crippen MR) is 97.7 cm³/mol. The van der Waals surface area contributed by atoms with Gasteiger partial charge < -0.3 is 14.6 Å². The summed E-state index contributed by atoms with van der Waals surface area (Å²) in [4.78, 5) is 8.72. The number of rotatable bonds is 5. The number of hydrogen-bond acceptors (Lipinski definition) is 6. The summed E-state index contributed by atoms with van der Waals surface area (Å²) >= 11 is 0. The van der Waals surface area contributed by atoms with Crippen LogP contribution in [-0.4, -0.2) is 27.7 Å². The van der Waals surface area contributed by atoms with Crippen molar-refractivity contribution in [3.63, 3.8) is 0 Å². The third-order valence-corrected chi connectivity index (χ3v) is 4.64. The summed E-state index contributed by atoms with van der Waals surface area (Å²) in [6.07, 6.45) is 5.60.